The second-order valence-electron chi connectivity index (χ2n) is 21.6. The van der Waals surface area contributed by atoms with Gasteiger partial charge in [-0.3, -0.25) is 9.59 Å². The predicted octanol–water partition coefficient (Wildman–Crippen LogP) is 17.7. The molecule has 0 rings (SSSR count). The molecule has 0 N–H and O–H groups in total. The number of carboxylic acids is 1. The van der Waals surface area contributed by atoms with E-state index < -0.39 is 24.3 Å². The van der Waals surface area contributed by atoms with Crippen LogP contribution in [-0.2, 0) is 33.3 Å². The molecule has 9 heteroatoms. The highest BCUT2D eigenvalue weighted by atomic mass is 16.7. The topological polar surface area (TPSA) is 111 Å². The highest BCUT2D eigenvalue weighted by Gasteiger charge is 2.22. The number of aliphatic carboxylic acids is 1. The zero-order valence-corrected chi connectivity index (χ0v) is 50.9. The number of ether oxygens (including phenoxy) is 4. The molecule has 2 unspecified atom stereocenters. The lowest BCUT2D eigenvalue weighted by molar-refractivity contribution is -0.870. The molecule has 0 radical (unpaired) electrons. The van der Waals surface area contributed by atoms with Crippen LogP contribution >= 0.6 is 0 Å². The van der Waals surface area contributed by atoms with Crippen LogP contribution in [0.1, 0.15) is 232 Å². The van der Waals surface area contributed by atoms with Crippen molar-refractivity contribution >= 4 is 17.9 Å². The van der Waals surface area contributed by atoms with Gasteiger partial charge in [-0.05, 0) is 116 Å². The molecular formula is C70H115NO8. The van der Waals surface area contributed by atoms with Crippen molar-refractivity contribution in [3.8, 4) is 0 Å². The SMILES string of the molecule is CC/C=C\C/C=C\C/C=C\C/C=C\C/C=C\C/C=C\C/C=C\C/C=C\C/C=C\C/C=C\CCCCCCCCC(=O)OC(COC(=O)CCCCCCCCC/C=C\CCCCCCCC)COC(OCC[N+](C)(C)C)C(=O)[O-]. The molecule has 448 valence electrons. The standard InChI is InChI=1S/C70H115NO8/c1-6-8-10-12-14-16-18-20-22-24-25-26-27-28-29-30-31-32-33-34-35-36-37-38-39-40-41-42-43-45-47-49-51-53-55-57-59-61-68(73)79-66(65-78-70(69(74)75)76-63-62-71(3,4)5)64-77-67(72)60-58-56-54-52-50-48-46-44-23-21-19-17-15-13-11-9-7-2/h8,10,14,16,20-23,25-26,28-29,31-32,34-35,37-38,40-41,43,45,66,70H,6-7,9,11-13,15,17-19,24,27,30,33,36,39,42,44,46-65H2,1-5H3/b10-8-,16-14-,22-20-,23-21-,26-25-,29-28-,32-31-,35-34-,38-37-,41-40-,45-43-. The summed E-state index contributed by atoms with van der Waals surface area (Å²) in [6, 6.07) is 0. The minimum absolute atomic E-state index is 0.137. The fourth-order valence-electron chi connectivity index (χ4n) is 8.09. The summed E-state index contributed by atoms with van der Waals surface area (Å²) >= 11 is 0. The molecule has 0 saturated heterocycles. The quantitative estimate of drug-likeness (QED) is 0.0195. The van der Waals surface area contributed by atoms with Gasteiger partial charge < -0.3 is 33.3 Å². The first-order valence-corrected chi connectivity index (χ1v) is 31.3. The molecule has 0 bridgehead atoms. The molecule has 0 fully saturated rings. The summed E-state index contributed by atoms with van der Waals surface area (Å²) in [6.07, 6.45) is 82.2. The maximum atomic E-state index is 12.9. The fraction of sp³-hybridized carbons (Fsp3) is 0.643. The number of carboxylic acid groups (broad SMARTS) is 1. The molecule has 0 spiro atoms. The summed E-state index contributed by atoms with van der Waals surface area (Å²) in [5.74, 6) is -2.32. The summed E-state index contributed by atoms with van der Waals surface area (Å²) < 4.78 is 22.7. The molecule has 0 aromatic carbocycles. The Bertz CT molecular complexity index is 1750. The van der Waals surface area contributed by atoms with Crippen LogP contribution in [-0.4, -0.2) is 82.3 Å². The van der Waals surface area contributed by atoms with E-state index in [-0.39, 0.29) is 38.6 Å². The summed E-state index contributed by atoms with van der Waals surface area (Å²) in [6.45, 7) is 4.59. The Labute approximate surface area is 484 Å². The number of nitrogens with zero attached hydrogens (tertiary/aromatic N) is 1. The van der Waals surface area contributed by atoms with Gasteiger partial charge in [0.1, 0.15) is 13.2 Å². The highest BCUT2D eigenvalue weighted by molar-refractivity contribution is 5.70. The molecule has 2 atom stereocenters. The second kappa shape index (κ2) is 59.5. The fourth-order valence-corrected chi connectivity index (χ4v) is 8.09. The van der Waals surface area contributed by atoms with Crippen molar-refractivity contribution in [1.29, 1.82) is 0 Å². The van der Waals surface area contributed by atoms with Gasteiger partial charge in [-0.15, -0.1) is 0 Å². The van der Waals surface area contributed by atoms with Crippen LogP contribution in [0.25, 0.3) is 0 Å². The van der Waals surface area contributed by atoms with Gasteiger partial charge in [0.15, 0.2) is 12.4 Å². The van der Waals surface area contributed by atoms with Gasteiger partial charge in [0, 0.05) is 12.8 Å². The number of allylic oxidation sites excluding steroid dienone is 22. The van der Waals surface area contributed by atoms with Gasteiger partial charge in [0.2, 0.25) is 0 Å². The summed E-state index contributed by atoms with van der Waals surface area (Å²) in [7, 11) is 5.91. The Morgan fingerprint density at radius 1 is 0.392 bits per heavy atom. The van der Waals surface area contributed by atoms with Crippen molar-refractivity contribution in [2.45, 2.75) is 245 Å². The van der Waals surface area contributed by atoms with Crippen molar-refractivity contribution in [2.24, 2.45) is 0 Å². The number of rotatable bonds is 56. The number of quaternary nitrogens is 1. The van der Waals surface area contributed by atoms with E-state index in [1.54, 1.807) is 0 Å². The molecule has 0 heterocycles. The highest BCUT2D eigenvalue weighted by Crippen LogP contribution is 2.14. The Kier molecular flexibility index (Phi) is 56.1. The lowest BCUT2D eigenvalue weighted by atomic mass is 10.1. The van der Waals surface area contributed by atoms with Crippen molar-refractivity contribution in [2.75, 3.05) is 47.5 Å². The summed E-state index contributed by atoms with van der Waals surface area (Å²) in [4.78, 5) is 37.3. The van der Waals surface area contributed by atoms with E-state index in [9.17, 15) is 19.5 Å². The number of carbonyl (C=O) groups excluding carboxylic acids is 3. The van der Waals surface area contributed by atoms with E-state index in [1.807, 2.05) is 21.1 Å². The minimum atomic E-state index is -1.63. The molecule has 0 aliphatic heterocycles. The first-order chi connectivity index (χ1) is 38.6. The number of likely N-dealkylation sites (N-methyl/N-ethyl adjacent to an activating group) is 1. The third kappa shape index (κ3) is 60.9. The smallest absolute Gasteiger partial charge is 0.306 e. The largest absolute Gasteiger partial charge is 0.545 e. The Balaban J connectivity index is 4.25. The van der Waals surface area contributed by atoms with Gasteiger partial charge in [0.05, 0.1) is 40.3 Å². The first kappa shape index (κ1) is 74.4. The number of carbonyl (C=O) groups is 3. The molecule has 0 aromatic rings. The molecule has 0 amide bonds. The van der Waals surface area contributed by atoms with Gasteiger partial charge in [-0.2, -0.15) is 0 Å². The summed E-state index contributed by atoms with van der Waals surface area (Å²) in [5, 5.41) is 11.8. The van der Waals surface area contributed by atoms with Gasteiger partial charge in [-0.25, -0.2) is 0 Å². The average Bonchev–Trinajstić information content (AvgIpc) is 3.42. The van der Waals surface area contributed by atoms with Crippen LogP contribution in [0.5, 0.6) is 0 Å². The van der Waals surface area contributed by atoms with Crippen LogP contribution in [0.2, 0.25) is 0 Å². The van der Waals surface area contributed by atoms with E-state index in [0.29, 0.717) is 17.4 Å². The minimum Gasteiger partial charge on any atom is -0.545 e. The number of unbranched alkanes of at least 4 members (excludes halogenated alkanes) is 19. The molecular weight excluding hydrogens is 983 g/mol. The Morgan fingerprint density at radius 3 is 1.09 bits per heavy atom. The van der Waals surface area contributed by atoms with E-state index in [4.69, 9.17) is 18.9 Å². The van der Waals surface area contributed by atoms with Crippen LogP contribution in [0.15, 0.2) is 134 Å². The van der Waals surface area contributed by atoms with Crippen molar-refractivity contribution in [3.05, 3.63) is 134 Å². The van der Waals surface area contributed by atoms with Crippen LogP contribution in [0.4, 0.5) is 0 Å². The Hall–Kier alpha value is -4.57. The van der Waals surface area contributed by atoms with E-state index >= 15 is 0 Å². The maximum Gasteiger partial charge on any atom is 0.306 e. The van der Waals surface area contributed by atoms with Gasteiger partial charge in [0.25, 0.3) is 0 Å². The molecule has 0 aliphatic rings. The van der Waals surface area contributed by atoms with Crippen molar-refractivity contribution in [3.63, 3.8) is 0 Å². The molecule has 9 nitrogen and oxygen atoms in total. The second-order valence-corrected chi connectivity index (χ2v) is 21.6. The maximum absolute atomic E-state index is 12.9. The predicted molar refractivity (Wildman–Crippen MR) is 333 cm³/mol. The third-order valence-corrected chi connectivity index (χ3v) is 12.9. The van der Waals surface area contributed by atoms with Crippen molar-refractivity contribution in [1.82, 2.24) is 0 Å². The normalized spacial score (nSPS) is 13.7. The van der Waals surface area contributed by atoms with E-state index in [0.717, 1.165) is 135 Å². The average molecular weight is 1100 g/mol. The van der Waals surface area contributed by atoms with Crippen LogP contribution in [0.3, 0.4) is 0 Å². The van der Waals surface area contributed by atoms with E-state index in [2.05, 4.69) is 148 Å². The lowest BCUT2D eigenvalue weighted by Crippen LogP contribution is -2.44. The van der Waals surface area contributed by atoms with Crippen LogP contribution in [0, 0.1) is 0 Å². The zero-order valence-electron chi connectivity index (χ0n) is 50.9. The monoisotopic (exact) mass is 1100 g/mol. The van der Waals surface area contributed by atoms with Gasteiger partial charge >= 0.3 is 11.9 Å². The summed E-state index contributed by atoms with van der Waals surface area (Å²) in [5.41, 5.74) is 0. The van der Waals surface area contributed by atoms with Gasteiger partial charge in [-0.1, -0.05) is 237 Å². The lowest BCUT2D eigenvalue weighted by Gasteiger charge is -2.26. The van der Waals surface area contributed by atoms with Crippen LogP contribution < -0.4 is 5.11 Å². The molecule has 0 aliphatic carbocycles. The van der Waals surface area contributed by atoms with E-state index in [1.165, 1.54) is 64.2 Å². The number of esters is 2. The first-order valence-electron chi connectivity index (χ1n) is 31.3. The third-order valence-electron chi connectivity index (χ3n) is 12.9. The molecule has 79 heavy (non-hydrogen) atoms. The Morgan fingerprint density at radius 2 is 0.722 bits per heavy atom. The zero-order chi connectivity index (χ0) is 57.6. The molecule has 0 aromatic heterocycles. The number of hydrogen-bond donors (Lipinski definition) is 0. The van der Waals surface area contributed by atoms with Crippen molar-refractivity contribution < 1.29 is 42.9 Å². The molecule has 0 saturated carbocycles. The number of hydrogen-bond acceptors (Lipinski definition) is 8.